The van der Waals surface area contributed by atoms with Gasteiger partial charge in [-0.3, -0.25) is 9.69 Å². The third-order valence-corrected chi connectivity index (χ3v) is 7.24. The summed E-state index contributed by atoms with van der Waals surface area (Å²) in [5.41, 5.74) is 1.38. The Morgan fingerprint density at radius 3 is 2.75 bits per heavy atom. The van der Waals surface area contributed by atoms with Crippen molar-refractivity contribution >= 4 is 39.2 Å². The van der Waals surface area contributed by atoms with Crippen molar-refractivity contribution < 1.29 is 9.59 Å². The lowest BCUT2D eigenvalue weighted by Crippen LogP contribution is -2.57. The van der Waals surface area contributed by atoms with Crippen LogP contribution in [0.1, 0.15) is 30.3 Å². The van der Waals surface area contributed by atoms with Crippen LogP contribution in [0.4, 0.5) is 10.5 Å². The minimum atomic E-state index is -0.0767. The molecule has 0 aliphatic carbocycles. The molecule has 4 aliphatic rings. The molecule has 7 nitrogen and oxygen atoms in total. The smallest absolute Gasteiger partial charge is 0.324 e. The molecule has 2 bridgehead atoms. The molecular weight excluding hydrogens is 374 g/mol. The van der Waals surface area contributed by atoms with Crippen LogP contribution in [0.2, 0.25) is 0 Å². The number of fused-ring (bicyclic) bond motifs is 4. The molecule has 4 fully saturated rings. The Kier molecular flexibility index (Phi) is 4.47. The number of likely N-dealkylation sites (N-methyl/N-ethyl adjacent to an activating group) is 1. The van der Waals surface area contributed by atoms with Gasteiger partial charge >= 0.3 is 6.03 Å². The van der Waals surface area contributed by atoms with Crippen molar-refractivity contribution in [3.05, 3.63) is 23.9 Å². The number of nitrogens with zero attached hydrogens (tertiary/aromatic N) is 4. The number of rotatable bonds is 4. The normalized spacial score (nSPS) is 27.0. The first kappa shape index (κ1) is 17.9. The fourth-order valence-electron chi connectivity index (χ4n) is 4.74. The number of anilines is 1. The lowest BCUT2D eigenvalue weighted by molar-refractivity contribution is 0.0619. The Hall–Kier alpha value is -2.19. The zero-order valence-corrected chi connectivity index (χ0v) is 16.9. The van der Waals surface area contributed by atoms with Gasteiger partial charge in [-0.2, -0.15) is 4.37 Å². The van der Waals surface area contributed by atoms with Crippen molar-refractivity contribution in [3.8, 4) is 0 Å². The lowest BCUT2D eigenvalue weighted by Gasteiger charge is -2.44. The zero-order valence-electron chi connectivity index (χ0n) is 16.1. The van der Waals surface area contributed by atoms with E-state index in [0.717, 1.165) is 48.5 Å². The van der Waals surface area contributed by atoms with E-state index in [9.17, 15) is 9.59 Å². The molecule has 1 aromatic carbocycles. The highest BCUT2D eigenvalue weighted by Gasteiger charge is 2.35. The van der Waals surface area contributed by atoms with Crippen molar-refractivity contribution in [3.63, 3.8) is 0 Å². The van der Waals surface area contributed by atoms with E-state index >= 15 is 0 Å². The highest BCUT2D eigenvalue weighted by Crippen LogP contribution is 2.31. The molecule has 4 saturated heterocycles. The van der Waals surface area contributed by atoms with Gasteiger partial charge in [0.25, 0.3) is 5.91 Å². The van der Waals surface area contributed by atoms with Crippen LogP contribution in [0, 0.1) is 5.92 Å². The van der Waals surface area contributed by atoms with Gasteiger partial charge in [0.15, 0.2) is 0 Å². The molecule has 5 heterocycles. The third kappa shape index (κ3) is 2.95. The van der Waals surface area contributed by atoms with Gasteiger partial charge in [-0.15, -0.1) is 0 Å². The van der Waals surface area contributed by atoms with Crippen molar-refractivity contribution in [2.24, 2.45) is 5.92 Å². The second kappa shape index (κ2) is 7.00. The third-order valence-electron chi connectivity index (χ3n) is 6.43. The predicted molar refractivity (Wildman–Crippen MR) is 110 cm³/mol. The summed E-state index contributed by atoms with van der Waals surface area (Å²) in [6.07, 6.45) is 2.34. The molecule has 8 heteroatoms. The number of aromatic nitrogens is 1. The minimum absolute atomic E-state index is 0.0479. The maximum absolute atomic E-state index is 12.9. The minimum Gasteiger partial charge on any atom is -0.346 e. The fraction of sp³-hybridized carbons (Fsp3) is 0.550. The highest BCUT2D eigenvalue weighted by atomic mass is 32.1. The van der Waals surface area contributed by atoms with Gasteiger partial charge in [0.05, 0.1) is 4.70 Å². The van der Waals surface area contributed by atoms with Crippen molar-refractivity contribution in [2.75, 3.05) is 44.2 Å². The molecule has 0 spiro atoms. The fourth-order valence-corrected chi connectivity index (χ4v) is 5.55. The molecule has 1 aromatic heterocycles. The standard InChI is InChI=1S/C20H25N5O2S/c1-2-24-9-10-25(20(24)27)14-3-4-15-17(11-14)28-22-18(15)19(26)21-16-12-23-7-5-13(16)6-8-23/h3-4,11,13,16H,2,5-10,12H2,1H3,(H,21,26)/t16-/m1/s1. The number of hydrogen-bond donors (Lipinski definition) is 1. The summed E-state index contributed by atoms with van der Waals surface area (Å²) < 4.78 is 5.39. The SMILES string of the molecule is CCN1CCN(c2ccc3c(C(=O)N[C@@H]4CN5CCC4CC5)nsc3c2)C1=O. The van der Waals surface area contributed by atoms with Crippen LogP contribution in [0.15, 0.2) is 18.2 Å². The van der Waals surface area contributed by atoms with Crippen LogP contribution in [0.3, 0.4) is 0 Å². The molecule has 0 radical (unpaired) electrons. The Morgan fingerprint density at radius 1 is 1.25 bits per heavy atom. The average molecular weight is 400 g/mol. The molecule has 28 heavy (non-hydrogen) atoms. The van der Waals surface area contributed by atoms with Crippen LogP contribution in [-0.4, -0.2) is 71.4 Å². The highest BCUT2D eigenvalue weighted by molar-refractivity contribution is 7.13. The van der Waals surface area contributed by atoms with Crippen molar-refractivity contribution in [1.82, 2.24) is 19.5 Å². The van der Waals surface area contributed by atoms with Crippen LogP contribution in [0.25, 0.3) is 10.1 Å². The number of piperidine rings is 3. The van der Waals surface area contributed by atoms with Gasteiger partial charge in [-0.05, 0) is 68.5 Å². The maximum atomic E-state index is 12.9. The molecule has 148 valence electrons. The van der Waals surface area contributed by atoms with E-state index in [4.69, 9.17) is 0 Å². The monoisotopic (exact) mass is 399 g/mol. The molecule has 1 N–H and O–H groups in total. The average Bonchev–Trinajstić information content (AvgIpc) is 3.31. The Balaban J connectivity index is 1.35. The topological polar surface area (TPSA) is 68.8 Å². The molecule has 0 saturated carbocycles. The summed E-state index contributed by atoms with van der Waals surface area (Å²) in [5.74, 6) is 0.514. The summed E-state index contributed by atoms with van der Waals surface area (Å²) in [5, 5.41) is 4.09. The summed E-state index contributed by atoms with van der Waals surface area (Å²) in [4.78, 5) is 31.4. The van der Waals surface area contributed by atoms with Gasteiger partial charge in [0.1, 0.15) is 5.69 Å². The maximum Gasteiger partial charge on any atom is 0.324 e. The summed E-state index contributed by atoms with van der Waals surface area (Å²) in [7, 11) is 0. The molecule has 4 aliphatic heterocycles. The van der Waals surface area contributed by atoms with Gasteiger partial charge in [-0.25, -0.2) is 4.79 Å². The van der Waals surface area contributed by atoms with E-state index in [-0.39, 0.29) is 18.0 Å². The molecule has 6 rings (SSSR count). The Labute approximate surface area is 168 Å². The van der Waals surface area contributed by atoms with Gasteiger partial charge in [0, 0.05) is 43.3 Å². The van der Waals surface area contributed by atoms with Gasteiger partial charge in [0.2, 0.25) is 0 Å². The van der Waals surface area contributed by atoms with E-state index < -0.39 is 0 Å². The van der Waals surface area contributed by atoms with Crippen molar-refractivity contribution in [2.45, 2.75) is 25.8 Å². The summed E-state index contributed by atoms with van der Waals surface area (Å²) >= 11 is 1.33. The second-order valence-electron chi connectivity index (χ2n) is 7.94. The largest absolute Gasteiger partial charge is 0.346 e. The lowest BCUT2D eigenvalue weighted by atomic mass is 9.84. The quantitative estimate of drug-likeness (QED) is 0.857. The predicted octanol–water partition coefficient (Wildman–Crippen LogP) is 2.38. The van der Waals surface area contributed by atoms with E-state index in [1.165, 1.54) is 24.4 Å². The molecule has 3 amide bonds. The first-order valence-electron chi connectivity index (χ1n) is 10.1. The molecular formula is C20H25N5O2S. The van der Waals surface area contributed by atoms with E-state index in [1.54, 1.807) is 4.90 Å². The molecule has 2 aromatic rings. The number of carbonyl (C=O) groups excluding carboxylic acids is 2. The molecule has 0 unspecified atom stereocenters. The zero-order chi connectivity index (χ0) is 19.3. The Bertz CT molecular complexity index is 920. The van der Waals surface area contributed by atoms with E-state index in [1.807, 2.05) is 30.0 Å². The van der Waals surface area contributed by atoms with Crippen LogP contribution in [-0.2, 0) is 0 Å². The first-order valence-corrected chi connectivity index (χ1v) is 10.9. The number of hydrogen-bond acceptors (Lipinski definition) is 5. The second-order valence-corrected chi connectivity index (χ2v) is 8.75. The van der Waals surface area contributed by atoms with E-state index in [2.05, 4.69) is 14.6 Å². The number of nitrogens with one attached hydrogen (secondary N) is 1. The number of benzene rings is 1. The van der Waals surface area contributed by atoms with Crippen LogP contribution >= 0.6 is 11.5 Å². The number of urea groups is 1. The first-order chi connectivity index (χ1) is 13.6. The van der Waals surface area contributed by atoms with Crippen LogP contribution < -0.4 is 10.2 Å². The summed E-state index contributed by atoms with van der Waals surface area (Å²) in [6, 6.07) is 6.12. The van der Waals surface area contributed by atoms with Crippen LogP contribution in [0.5, 0.6) is 0 Å². The van der Waals surface area contributed by atoms with Gasteiger partial charge < -0.3 is 15.1 Å². The number of carbonyl (C=O) groups is 2. The number of amides is 3. The van der Waals surface area contributed by atoms with Gasteiger partial charge in [-0.1, -0.05) is 0 Å². The molecule has 1 atom stereocenters. The summed E-state index contributed by atoms with van der Waals surface area (Å²) in [6.45, 7) is 7.44. The van der Waals surface area contributed by atoms with E-state index in [0.29, 0.717) is 18.2 Å². The Morgan fingerprint density at radius 2 is 2.07 bits per heavy atom. The van der Waals surface area contributed by atoms with Crippen molar-refractivity contribution in [1.29, 1.82) is 0 Å².